The lowest BCUT2D eigenvalue weighted by molar-refractivity contribution is -0.0165. The summed E-state index contributed by atoms with van der Waals surface area (Å²) in [4.78, 5) is 13.1. The number of Topliss-reactive ketones (excluding diaryl/α,β-unsaturated/α-hetero) is 1. The van der Waals surface area contributed by atoms with Crippen LogP contribution in [0.1, 0.15) is 38.2 Å². The lowest BCUT2D eigenvalue weighted by Gasteiger charge is -2.20. The minimum absolute atomic E-state index is 0.149. The van der Waals surface area contributed by atoms with E-state index < -0.39 is 0 Å². The molecule has 5 rings (SSSR count). The molecule has 0 radical (unpaired) electrons. The number of allylic oxidation sites excluding steroid dienone is 1. The van der Waals surface area contributed by atoms with Crippen LogP contribution in [0.5, 0.6) is 17.2 Å². The Morgan fingerprint density at radius 1 is 1.15 bits per heavy atom. The van der Waals surface area contributed by atoms with Crippen molar-refractivity contribution in [3.05, 3.63) is 99.3 Å². The molecule has 0 saturated heterocycles. The third-order valence-electron chi connectivity index (χ3n) is 5.55. The van der Waals surface area contributed by atoms with E-state index in [4.69, 9.17) is 30.5 Å². The van der Waals surface area contributed by atoms with Gasteiger partial charge in [0.2, 0.25) is 5.78 Å². The lowest BCUT2D eigenvalue weighted by atomic mass is 10.0. The van der Waals surface area contributed by atoms with Gasteiger partial charge < -0.3 is 18.9 Å². The zero-order valence-electron chi connectivity index (χ0n) is 18.0. The van der Waals surface area contributed by atoms with Gasteiger partial charge in [0.25, 0.3) is 0 Å². The summed E-state index contributed by atoms with van der Waals surface area (Å²) in [6.45, 7) is 6.59. The SMILES string of the molecule is C=Cc1ccc(COc2cc(C)c3c(c2)O/C(=C\c2cc(Cl)cc4c2OCOC4)C3=O)cc1. The number of rotatable bonds is 5. The largest absolute Gasteiger partial charge is 0.489 e. The molecule has 0 N–H and O–H groups in total. The molecule has 0 fully saturated rings. The van der Waals surface area contributed by atoms with Gasteiger partial charge in [-0.2, -0.15) is 0 Å². The van der Waals surface area contributed by atoms with Gasteiger partial charge in [-0.25, -0.2) is 0 Å². The molecule has 0 amide bonds. The summed E-state index contributed by atoms with van der Waals surface area (Å²) < 4.78 is 22.9. The first-order valence-corrected chi connectivity index (χ1v) is 10.9. The van der Waals surface area contributed by atoms with Gasteiger partial charge in [-0.15, -0.1) is 0 Å². The van der Waals surface area contributed by atoms with Crippen molar-refractivity contribution < 1.29 is 23.7 Å². The number of ether oxygens (including phenoxy) is 4. The van der Waals surface area contributed by atoms with Gasteiger partial charge >= 0.3 is 0 Å². The predicted octanol–water partition coefficient (Wildman–Crippen LogP) is 6.35. The molecule has 6 heteroatoms. The Labute approximate surface area is 196 Å². The van der Waals surface area contributed by atoms with E-state index in [1.807, 2.05) is 37.3 Å². The van der Waals surface area contributed by atoms with E-state index in [-0.39, 0.29) is 18.3 Å². The Hall–Kier alpha value is -3.54. The Balaban J connectivity index is 1.40. The standard InChI is InChI=1S/C27H21ClO5/c1-3-17-4-6-18(7-5-17)13-31-22-8-16(2)25-23(12-22)33-24(26(25)29)11-19-9-21(28)10-20-14-30-15-32-27(19)20/h3-12H,1,13-15H2,2H3/b24-11-. The van der Waals surface area contributed by atoms with Crippen LogP contribution in [0.4, 0.5) is 0 Å². The third-order valence-corrected chi connectivity index (χ3v) is 5.77. The van der Waals surface area contributed by atoms with Gasteiger partial charge in [-0.05, 0) is 47.9 Å². The van der Waals surface area contributed by atoms with Crippen LogP contribution in [-0.4, -0.2) is 12.6 Å². The maximum absolute atomic E-state index is 13.1. The number of ketones is 1. The highest BCUT2D eigenvalue weighted by molar-refractivity contribution is 6.31. The molecule has 0 unspecified atom stereocenters. The van der Waals surface area contributed by atoms with Crippen LogP contribution < -0.4 is 14.2 Å². The number of benzene rings is 3. The quantitative estimate of drug-likeness (QED) is 0.415. The van der Waals surface area contributed by atoms with E-state index in [1.165, 1.54) is 0 Å². The molecule has 3 aromatic rings. The molecule has 0 bridgehead atoms. The van der Waals surface area contributed by atoms with Crippen LogP contribution >= 0.6 is 11.6 Å². The van der Waals surface area contributed by atoms with Gasteiger partial charge in [-0.1, -0.05) is 48.5 Å². The molecule has 0 aromatic heterocycles. The molecule has 0 saturated carbocycles. The maximum atomic E-state index is 13.1. The normalized spacial score (nSPS) is 15.5. The maximum Gasteiger partial charge on any atom is 0.232 e. The van der Waals surface area contributed by atoms with Crippen LogP contribution in [0.3, 0.4) is 0 Å². The van der Waals surface area contributed by atoms with E-state index in [0.717, 1.165) is 22.3 Å². The molecule has 3 aromatic carbocycles. The summed E-state index contributed by atoms with van der Waals surface area (Å²) in [5, 5.41) is 0.533. The second-order valence-electron chi connectivity index (χ2n) is 7.88. The van der Waals surface area contributed by atoms with Gasteiger partial charge in [0, 0.05) is 22.2 Å². The molecule has 0 spiro atoms. The fourth-order valence-electron chi connectivity index (χ4n) is 3.93. The van der Waals surface area contributed by atoms with Crippen molar-refractivity contribution in [2.75, 3.05) is 6.79 Å². The summed E-state index contributed by atoms with van der Waals surface area (Å²) in [5.74, 6) is 1.78. The van der Waals surface area contributed by atoms with Crippen molar-refractivity contribution in [1.29, 1.82) is 0 Å². The smallest absolute Gasteiger partial charge is 0.232 e. The summed E-state index contributed by atoms with van der Waals surface area (Å²) >= 11 is 6.25. The zero-order valence-corrected chi connectivity index (χ0v) is 18.8. The van der Waals surface area contributed by atoms with Crippen LogP contribution in [0.2, 0.25) is 5.02 Å². The second-order valence-corrected chi connectivity index (χ2v) is 8.32. The number of aryl methyl sites for hydroxylation is 1. The number of carbonyl (C=O) groups is 1. The number of carbonyl (C=O) groups excluding carboxylic acids is 1. The van der Waals surface area contributed by atoms with Crippen molar-refractivity contribution in [3.8, 4) is 17.2 Å². The van der Waals surface area contributed by atoms with Crippen LogP contribution in [0, 0.1) is 6.92 Å². The Morgan fingerprint density at radius 3 is 2.76 bits per heavy atom. The number of hydrogen-bond acceptors (Lipinski definition) is 5. The minimum Gasteiger partial charge on any atom is -0.489 e. The van der Waals surface area contributed by atoms with Crippen molar-refractivity contribution in [1.82, 2.24) is 0 Å². The molecule has 2 aliphatic heterocycles. The Bertz CT molecular complexity index is 1290. The van der Waals surface area contributed by atoms with Crippen molar-refractivity contribution in [3.63, 3.8) is 0 Å². The lowest BCUT2D eigenvalue weighted by Crippen LogP contribution is -2.12. The first-order valence-electron chi connectivity index (χ1n) is 10.5. The number of hydrogen-bond donors (Lipinski definition) is 0. The van der Waals surface area contributed by atoms with Crippen molar-refractivity contribution in [2.24, 2.45) is 0 Å². The molecular weight excluding hydrogens is 440 g/mol. The number of halogens is 1. The minimum atomic E-state index is -0.185. The van der Waals surface area contributed by atoms with E-state index in [2.05, 4.69) is 6.58 Å². The van der Waals surface area contributed by atoms with Crippen molar-refractivity contribution in [2.45, 2.75) is 20.1 Å². The molecule has 33 heavy (non-hydrogen) atoms. The summed E-state index contributed by atoms with van der Waals surface area (Å²) in [5.41, 5.74) is 4.91. The average molecular weight is 461 g/mol. The first kappa shape index (κ1) is 21.3. The second kappa shape index (κ2) is 8.77. The fourth-order valence-corrected chi connectivity index (χ4v) is 4.18. The fraction of sp³-hybridized carbons (Fsp3) is 0.148. The van der Waals surface area contributed by atoms with Gasteiger partial charge in [0.05, 0.1) is 12.2 Å². The van der Waals surface area contributed by atoms with Crippen LogP contribution in [0.15, 0.2) is 60.9 Å². The topological polar surface area (TPSA) is 54.0 Å². The third kappa shape index (κ3) is 4.25. The molecule has 5 nitrogen and oxygen atoms in total. The Morgan fingerprint density at radius 2 is 1.97 bits per heavy atom. The zero-order chi connectivity index (χ0) is 22.9. The highest BCUT2D eigenvalue weighted by Gasteiger charge is 2.30. The highest BCUT2D eigenvalue weighted by Crippen LogP contribution is 2.39. The average Bonchev–Trinajstić information content (AvgIpc) is 3.13. The summed E-state index contributed by atoms with van der Waals surface area (Å²) in [7, 11) is 0. The van der Waals surface area contributed by atoms with Gasteiger partial charge in [-0.3, -0.25) is 4.79 Å². The van der Waals surface area contributed by atoms with Crippen LogP contribution in [-0.2, 0) is 18.0 Å². The molecule has 0 atom stereocenters. The first-order chi connectivity index (χ1) is 16.0. The van der Waals surface area contributed by atoms with E-state index >= 15 is 0 Å². The van der Waals surface area contributed by atoms with Gasteiger partial charge in [0.15, 0.2) is 12.6 Å². The molecule has 2 heterocycles. The van der Waals surface area contributed by atoms with E-state index in [1.54, 1.807) is 30.4 Å². The van der Waals surface area contributed by atoms with E-state index in [9.17, 15) is 4.79 Å². The highest BCUT2D eigenvalue weighted by atomic mass is 35.5. The summed E-state index contributed by atoms with van der Waals surface area (Å²) in [6.07, 6.45) is 3.46. The molecule has 2 aliphatic rings. The molecule has 166 valence electrons. The van der Waals surface area contributed by atoms with Gasteiger partial charge in [0.1, 0.15) is 23.9 Å². The Kier molecular flexibility index (Phi) is 5.67. The summed E-state index contributed by atoms with van der Waals surface area (Å²) in [6, 6.07) is 15.1. The predicted molar refractivity (Wildman–Crippen MR) is 127 cm³/mol. The van der Waals surface area contributed by atoms with Crippen LogP contribution in [0.25, 0.3) is 12.2 Å². The molecular formula is C27H21ClO5. The number of fused-ring (bicyclic) bond motifs is 2. The molecule has 0 aliphatic carbocycles. The van der Waals surface area contributed by atoms with Crippen molar-refractivity contribution >= 4 is 29.5 Å². The van der Waals surface area contributed by atoms with E-state index in [0.29, 0.717) is 46.6 Å². The monoisotopic (exact) mass is 460 g/mol.